The lowest BCUT2D eigenvalue weighted by Crippen LogP contribution is -2.25. The van der Waals surface area contributed by atoms with Crippen LogP contribution in [0.4, 0.5) is 0 Å². The van der Waals surface area contributed by atoms with Crippen LogP contribution in [-0.2, 0) is 20.6 Å². The monoisotopic (exact) mass is 800 g/mol. The maximum atomic E-state index is 10.4. The summed E-state index contributed by atoms with van der Waals surface area (Å²) in [6.07, 6.45) is 3.31. The van der Waals surface area contributed by atoms with Crippen LogP contribution < -0.4 is 11.2 Å². The Labute approximate surface area is 277 Å². The fourth-order valence-corrected chi connectivity index (χ4v) is 5.29. The Hall–Kier alpha value is -3.19. The standard InChI is InChI=1S/C16H16BrN3O.C16H14BrN3.HI/c1-19-13-4-2-3-5-14(13)20(16(19)18)10-15(21)11-6-8-12(17)9-7-11;1-19-14-4-2-3-5-15(14)20(16(19)18)11-10-12-6-8-13(17)9-7-12;/h2-9,15,18,21H,10H2,1H3;2-11,18H,1H3;1H/b;11-10+,18-16?;. The highest BCUT2D eigenvalue weighted by molar-refractivity contribution is 14.0. The van der Waals surface area contributed by atoms with Crippen molar-refractivity contribution >= 4 is 90.2 Å². The Morgan fingerprint density at radius 3 is 1.76 bits per heavy atom. The molecule has 10 heteroatoms. The summed E-state index contributed by atoms with van der Waals surface area (Å²) in [6, 6.07) is 31.6. The number of benzene rings is 4. The Morgan fingerprint density at radius 1 is 0.690 bits per heavy atom. The van der Waals surface area contributed by atoms with Crippen molar-refractivity contribution in [2.24, 2.45) is 14.1 Å². The first-order chi connectivity index (χ1) is 19.7. The van der Waals surface area contributed by atoms with Crippen LogP contribution in [0, 0.1) is 10.8 Å². The minimum absolute atomic E-state index is 0. The molecule has 0 saturated carbocycles. The molecule has 0 fully saturated rings. The first kappa shape index (κ1) is 31.7. The molecule has 42 heavy (non-hydrogen) atoms. The molecule has 0 radical (unpaired) electrons. The molecule has 1 atom stereocenters. The predicted molar refractivity (Wildman–Crippen MR) is 187 cm³/mol. The summed E-state index contributed by atoms with van der Waals surface area (Å²) >= 11 is 6.82. The maximum Gasteiger partial charge on any atom is 0.206 e. The highest BCUT2D eigenvalue weighted by Gasteiger charge is 2.13. The molecule has 0 saturated heterocycles. The Morgan fingerprint density at radius 2 is 1.17 bits per heavy atom. The van der Waals surface area contributed by atoms with Crippen molar-refractivity contribution in [3.8, 4) is 0 Å². The molecule has 0 amide bonds. The van der Waals surface area contributed by atoms with Crippen molar-refractivity contribution in [3.63, 3.8) is 0 Å². The van der Waals surface area contributed by atoms with Crippen molar-refractivity contribution in [1.82, 2.24) is 18.3 Å². The summed E-state index contributed by atoms with van der Waals surface area (Å²) < 4.78 is 9.47. The zero-order chi connectivity index (χ0) is 29.1. The van der Waals surface area contributed by atoms with Gasteiger partial charge < -0.3 is 18.8 Å². The van der Waals surface area contributed by atoms with E-state index in [9.17, 15) is 5.11 Å². The van der Waals surface area contributed by atoms with E-state index >= 15 is 0 Å². The van der Waals surface area contributed by atoms with E-state index < -0.39 is 6.10 Å². The molecule has 2 heterocycles. The number of hydrogen-bond donors (Lipinski definition) is 3. The number of nitrogens with one attached hydrogen (secondary N) is 2. The number of aliphatic hydroxyl groups excluding tert-OH is 1. The molecule has 0 aliphatic rings. The molecular formula is C32H31Br2IN6O. The molecular weight excluding hydrogens is 771 g/mol. The Balaban J connectivity index is 0.000000189. The fourth-order valence-electron chi connectivity index (χ4n) is 4.76. The highest BCUT2D eigenvalue weighted by Crippen LogP contribution is 2.20. The third-order valence-electron chi connectivity index (χ3n) is 7.05. The number of aliphatic hydroxyl groups is 1. The van der Waals surface area contributed by atoms with Gasteiger partial charge >= 0.3 is 0 Å². The van der Waals surface area contributed by atoms with E-state index in [1.165, 1.54) is 0 Å². The van der Waals surface area contributed by atoms with Gasteiger partial charge in [0.05, 0.1) is 34.7 Å². The molecule has 0 bridgehead atoms. The molecule has 216 valence electrons. The maximum absolute atomic E-state index is 10.4. The van der Waals surface area contributed by atoms with Crippen LogP contribution in [0.5, 0.6) is 0 Å². The smallest absolute Gasteiger partial charge is 0.206 e. The molecule has 1 unspecified atom stereocenters. The van der Waals surface area contributed by atoms with Crippen LogP contribution in [0.15, 0.2) is 106 Å². The second kappa shape index (κ2) is 13.9. The van der Waals surface area contributed by atoms with Gasteiger partial charge in [0, 0.05) is 29.2 Å². The van der Waals surface area contributed by atoms with Crippen molar-refractivity contribution in [2.75, 3.05) is 0 Å². The van der Waals surface area contributed by atoms with Crippen LogP contribution in [0.1, 0.15) is 17.2 Å². The van der Waals surface area contributed by atoms with Crippen LogP contribution >= 0.6 is 55.8 Å². The van der Waals surface area contributed by atoms with Gasteiger partial charge in [0.25, 0.3) is 0 Å². The summed E-state index contributed by atoms with van der Waals surface area (Å²) in [7, 11) is 3.78. The lowest BCUT2D eigenvalue weighted by Gasteiger charge is -2.12. The van der Waals surface area contributed by atoms with Crippen LogP contribution in [-0.4, -0.2) is 23.4 Å². The van der Waals surface area contributed by atoms with E-state index in [1.807, 2.05) is 142 Å². The van der Waals surface area contributed by atoms with Gasteiger partial charge in [0.1, 0.15) is 0 Å². The Kier molecular flexibility index (Phi) is 10.5. The number of hydrogen-bond acceptors (Lipinski definition) is 3. The van der Waals surface area contributed by atoms with Crippen molar-refractivity contribution in [2.45, 2.75) is 12.6 Å². The second-order valence-corrected chi connectivity index (χ2v) is 11.5. The predicted octanol–water partition coefficient (Wildman–Crippen LogP) is 7.42. The van der Waals surface area contributed by atoms with Gasteiger partial charge in [0.15, 0.2) is 0 Å². The molecule has 6 rings (SSSR count). The number of rotatable bonds is 5. The minimum atomic E-state index is -0.641. The molecule has 6 aromatic rings. The molecule has 0 aliphatic carbocycles. The summed E-state index contributed by atoms with van der Waals surface area (Å²) in [4.78, 5) is 0. The number of fused-ring (bicyclic) bond motifs is 2. The molecule has 7 nitrogen and oxygen atoms in total. The van der Waals surface area contributed by atoms with Crippen molar-refractivity contribution in [3.05, 3.63) is 128 Å². The van der Waals surface area contributed by atoms with E-state index in [0.29, 0.717) is 17.8 Å². The van der Waals surface area contributed by atoms with Crippen molar-refractivity contribution < 1.29 is 5.11 Å². The molecule has 0 spiro atoms. The van der Waals surface area contributed by atoms with E-state index in [0.717, 1.165) is 42.1 Å². The van der Waals surface area contributed by atoms with E-state index in [-0.39, 0.29) is 24.0 Å². The number of nitrogens with zero attached hydrogens (tertiary/aromatic N) is 4. The summed E-state index contributed by atoms with van der Waals surface area (Å²) in [5.74, 6) is 0. The first-order valence-corrected chi connectivity index (χ1v) is 14.6. The van der Waals surface area contributed by atoms with Gasteiger partial charge in [-0.15, -0.1) is 24.0 Å². The van der Waals surface area contributed by atoms with E-state index in [4.69, 9.17) is 10.8 Å². The second-order valence-electron chi connectivity index (χ2n) is 9.66. The third kappa shape index (κ3) is 6.72. The topological polar surface area (TPSA) is 87.7 Å². The number of aromatic nitrogens is 4. The number of imidazole rings is 2. The van der Waals surface area contributed by atoms with Gasteiger partial charge in [-0.05, 0) is 65.7 Å². The largest absolute Gasteiger partial charge is 0.387 e. The zero-order valence-corrected chi connectivity index (χ0v) is 28.6. The number of para-hydroxylation sites is 4. The number of aryl methyl sites for hydroxylation is 2. The van der Waals surface area contributed by atoms with Gasteiger partial charge in [-0.25, -0.2) is 0 Å². The highest BCUT2D eigenvalue weighted by atomic mass is 127. The van der Waals surface area contributed by atoms with Gasteiger partial charge in [0.2, 0.25) is 11.2 Å². The summed E-state index contributed by atoms with van der Waals surface area (Å²) in [5, 5.41) is 26.8. The third-order valence-corrected chi connectivity index (χ3v) is 8.11. The average molecular weight is 802 g/mol. The fraction of sp³-hybridized carbons (Fsp3) is 0.125. The van der Waals surface area contributed by atoms with E-state index in [1.54, 1.807) is 0 Å². The van der Waals surface area contributed by atoms with Crippen LogP contribution in [0.2, 0.25) is 0 Å². The number of halogens is 3. The normalized spacial score (nSPS) is 11.8. The zero-order valence-electron chi connectivity index (χ0n) is 23.1. The van der Waals surface area contributed by atoms with Crippen LogP contribution in [0.3, 0.4) is 0 Å². The Bertz CT molecular complexity index is 1970. The first-order valence-electron chi connectivity index (χ1n) is 13.0. The molecule has 2 aromatic heterocycles. The lowest BCUT2D eigenvalue weighted by atomic mass is 10.1. The lowest BCUT2D eigenvalue weighted by molar-refractivity contribution is 0.156. The molecule has 3 N–H and O–H groups in total. The average Bonchev–Trinajstić information content (AvgIpc) is 3.38. The minimum Gasteiger partial charge on any atom is -0.387 e. The summed E-state index contributed by atoms with van der Waals surface area (Å²) in [5.41, 5.74) is 6.83. The van der Waals surface area contributed by atoms with Crippen molar-refractivity contribution in [1.29, 1.82) is 10.8 Å². The van der Waals surface area contributed by atoms with Gasteiger partial charge in [-0.3, -0.25) is 15.4 Å². The SMILES string of the molecule is Cn1c(=N)n(/C=C/c2ccc(Br)cc2)c2ccccc21.Cn1c(=N)n(CC(O)c2ccc(Br)cc2)c2ccccc21.I. The molecule has 0 aliphatic heterocycles. The molecule has 4 aromatic carbocycles. The van der Waals surface area contributed by atoms with Gasteiger partial charge in [-0.1, -0.05) is 80.4 Å². The quantitative estimate of drug-likeness (QED) is 0.156. The van der Waals surface area contributed by atoms with E-state index in [2.05, 4.69) is 31.9 Å². The van der Waals surface area contributed by atoms with Crippen LogP contribution in [0.25, 0.3) is 34.3 Å². The van der Waals surface area contributed by atoms with Gasteiger partial charge in [-0.2, -0.15) is 0 Å². The summed E-state index contributed by atoms with van der Waals surface area (Å²) in [6.45, 7) is 0.363.